The van der Waals surface area contributed by atoms with Crippen molar-refractivity contribution in [3.8, 4) is 0 Å². The summed E-state index contributed by atoms with van der Waals surface area (Å²) in [7, 11) is 3.16. The van der Waals surface area contributed by atoms with Gasteiger partial charge in [-0.3, -0.25) is 14.3 Å². The van der Waals surface area contributed by atoms with Crippen molar-refractivity contribution in [3.63, 3.8) is 0 Å². The van der Waals surface area contributed by atoms with Crippen LogP contribution in [-0.2, 0) is 27.8 Å². The zero-order chi connectivity index (χ0) is 18.6. The van der Waals surface area contributed by atoms with Gasteiger partial charge in [-0.15, -0.1) is 0 Å². The Bertz CT molecular complexity index is 786. The number of esters is 1. The van der Waals surface area contributed by atoms with Gasteiger partial charge in [-0.1, -0.05) is 29.8 Å². The molecule has 1 N–H and O–H groups in total. The number of carbonyl (C=O) groups is 2. The van der Waals surface area contributed by atoms with Crippen molar-refractivity contribution < 1.29 is 14.3 Å². The summed E-state index contributed by atoms with van der Waals surface area (Å²) in [5.41, 5.74) is 3.32. The Morgan fingerprint density at radius 2 is 2.00 bits per heavy atom. The van der Waals surface area contributed by atoms with E-state index < -0.39 is 12.0 Å². The fourth-order valence-electron chi connectivity index (χ4n) is 2.73. The third kappa shape index (κ3) is 4.60. The first-order valence-electron chi connectivity index (χ1n) is 7.93. The third-order valence-electron chi connectivity index (χ3n) is 4.21. The summed E-state index contributed by atoms with van der Waals surface area (Å²) in [6.45, 7) is 3.79. The lowest BCUT2D eigenvalue weighted by Crippen LogP contribution is -2.32. The van der Waals surface area contributed by atoms with Gasteiger partial charge in [-0.25, -0.2) is 0 Å². The van der Waals surface area contributed by atoms with Gasteiger partial charge in [0.05, 0.1) is 31.7 Å². The van der Waals surface area contributed by atoms with Crippen LogP contribution in [0.1, 0.15) is 35.0 Å². The van der Waals surface area contributed by atoms with E-state index in [-0.39, 0.29) is 18.7 Å². The summed E-state index contributed by atoms with van der Waals surface area (Å²) < 4.78 is 6.48. The number of carbonyl (C=O) groups excluding carboxylic acids is 2. The Morgan fingerprint density at radius 1 is 1.32 bits per heavy atom. The number of rotatable bonds is 6. The first-order chi connectivity index (χ1) is 11.8. The number of nitrogens with one attached hydrogen (secondary N) is 1. The second-order valence-electron chi connectivity index (χ2n) is 5.87. The predicted molar refractivity (Wildman–Crippen MR) is 95.4 cm³/mol. The van der Waals surface area contributed by atoms with E-state index in [4.69, 9.17) is 16.3 Å². The Kier molecular flexibility index (Phi) is 6.20. The number of halogens is 1. The molecule has 25 heavy (non-hydrogen) atoms. The molecule has 1 heterocycles. The summed E-state index contributed by atoms with van der Waals surface area (Å²) in [5, 5.41) is 7.70. The molecule has 134 valence electrons. The van der Waals surface area contributed by atoms with Crippen LogP contribution in [0.2, 0.25) is 5.02 Å². The molecule has 1 atom stereocenters. The van der Waals surface area contributed by atoms with Gasteiger partial charge in [0.25, 0.3) is 0 Å². The van der Waals surface area contributed by atoms with Crippen molar-refractivity contribution in [2.24, 2.45) is 7.05 Å². The maximum Gasteiger partial charge on any atom is 0.307 e. The van der Waals surface area contributed by atoms with E-state index >= 15 is 0 Å². The monoisotopic (exact) mass is 363 g/mol. The molecule has 6 nitrogen and oxygen atoms in total. The van der Waals surface area contributed by atoms with Crippen molar-refractivity contribution in [1.82, 2.24) is 15.1 Å². The highest BCUT2D eigenvalue weighted by atomic mass is 35.5. The molecular formula is C18H22ClN3O3. The van der Waals surface area contributed by atoms with Crippen LogP contribution in [0.3, 0.4) is 0 Å². The number of aromatic nitrogens is 2. The van der Waals surface area contributed by atoms with Gasteiger partial charge in [0.15, 0.2) is 0 Å². The van der Waals surface area contributed by atoms with E-state index in [1.807, 2.05) is 27.0 Å². The molecule has 1 aromatic heterocycles. The van der Waals surface area contributed by atoms with Gasteiger partial charge in [-0.2, -0.15) is 5.10 Å². The van der Waals surface area contributed by atoms with Gasteiger partial charge in [0.1, 0.15) is 0 Å². The Morgan fingerprint density at radius 3 is 2.56 bits per heavy atom. The van der Waals surface area contributed by atoms with E-state index in [2.05, 4.69) is 10.4 Å². The minimum atomic E-state index is -0.550. The number of methoxy groups -OCH3 is 1. The molecule has 0 aliphatic heterocycles. The number of nitrogens with zero attached hydrogens (tertiary/aromatic N) is 2. The molecule has 0 saturated heterocycles. The maximum absolute atomic E-state index is 12.5. The second-order valence-corrected chi connectivity index (χ2v) is 6.28. The molecule has 0 saturated carbocycles. The Balaban J connectivity index is 2.19. The number of ether oxygens (including phenoxy) is 1. The maximum atomic E-state index is 12.5. The van der Waals surface area contributed by atoms with Gasteiger partial charge in [-0.05, 0) is 25.5 Å². The summed E-state index contributed by atoms with van der Waals surface area (Å²) in [4.78, 5) is 24.3. The number of hydrogen-bond donors (Lipinski definition) is 1. The number of benzene rings is 1. The minimum Gasteiger partial charge on any atom is -0.469 e. The molecule has 0 aliphatic carbocycles. The zero-order valence-electron chi connectivity index (χ0n) is 14.8. The third-order valence-corrected chi connectivity index (χ3v) is 4.55. The number of amides is 1. The molecular weight excluding hydrogens is 342 g/mol. The molecule has 1 aromatic carbocycles. The molecule has 1 amide bonds. The van der Waals surface area contributed by atoms with Crippen LogP contribution < -0.4 is 5.32 Å². The summed E-state index contributed by atoms with van der Waals surface area (Å²) in [5.74, 6) is -0.619. The number of aryl methyl sites for hydroxylation is 2. The fraction of sp³-hybridized carbons (Fsp3) is 0.389. The van der Waals surface area contributed by atoms with Crippen LogP contribution in [0.4, 0.5) is 0 Å². The van der Waals surface area contributed by atoms with Crippen molar-refractivity contribution in [2.45, 2.75) is 32.7 Å². The lowest BCUT2D eigenvalue weighted by molar-refractivity contribution is -0.141. The quantitative estimate of drug-likeness (QED) is 0.801. The largest absolute Gasteiger partial charge is 0.469 e. The first-order valence-corrected chi connectivity index (χ1v) is 8.31. The SMILES string of the molecule is COC(=O)CC(NC(=O)Cc1c(C)nn(C)c1C)c1ccccc1Cl. The molecule has 0 bridgehead atoms. The minimum absolute atomic E-state index is 0.0109. The lowest BCUT2D eigenvalue weighted by Gasteiger charge is -2.19. The van der Waals surface area contributed by atoms with Crippen LogP contribution in [-0.4, -0.2) is 28.8 Å². The van der Waals surface area contributed by atoms with Crippen molar-refractivity contribution in [1.29, 1.82) is 0 Å². The molecule has 0 aliphatic rings. The normalized spacial score (nSPS) is 11.9. The molecule has 0 spiro atoms. The zero-order valence-corrected chi connectivity index (χ0v) is 15.6. The van der Waals surface area contributed by atoms with Crippen LogP contribution in [0.25, 0.3) is 0 Å². The van der Waals surface area contributed by atoms with E-state index in [0.29, 0.717) is 10.6 Å². The van der Waals surface area contributed by atoms with Crippen molar-refractivity contribution >= 4 is 23.5 Å². The van der Waals surface area contributed by atoms with Gasteiger partial charge >= 0.3 is 5.97 Å². The highest BCUT2D eigenvalue weighted by molar-refractivity contribution is 6.31. The Labute approximate surface area is 152 Å². The smallest absolute Gasteiger partial charge is 0.307 e. The average molecular weight is 364 g/mol. The topological polar surface area (TPSA) is 73.2 Å². The molecule has 0 fully saturated rings. The van der Waals surface area contributed by atoms with Crippen molar-refractivity contribution in [3.05, 3.63) is 51.8 Å². The van der Waals surface area contributed by atoms with E-state index in [1.165, 1.54) is 7.11 Å². The first kappa shape index (κ1) is 19.0. The summed E-state index contributed by atoms with van der Waals surface area (Å²) in [6.07, 6.45) is 0.199. The lowest BCUT2D eigenvalue weighted by atomic mass is 10.0. The standard InChI is InChI=1S/C18H22ClN3O3/c1-11-14(12(2)22(3)21-11)9-17(23)20-16(10-18(24)25-4)13-7-5-6-8-15(13)19/h5-8,16H,9-10H2,1-4H3,(H,20,23). The number of hydrogen-bond acceptors (Lipinski definition) is 4. The predicted octanol–water partition coefficient (Wildman–Crippen LogP) is 2.65. The van der Waals surface area contributed by atoms with Gasteiger partial charge in [0.2, 0.25) is 5.91 Å². The highest BCUT2D eigenvalue weighted by Crippen LogP contribution is 2.25. The molecule has 7 heteroatoms. The molecule has 2 rings (SSSR count). The molecule has 1 unspecified atom stereocenters. The second kappa shape index (κ2) is 8.16. The van der Waals surface area contributed by atoms with E-state index in [1.54, 1.807) is 22.9 Å². The van der Waals surface area contributed by atoms with E-state index in [0.717, 1.165) is 17.0 Å². The average Bonchev–Trinajstić information content (AvgIpc) is 2.81. The molecule has 2 aromatic rings. The van der Waals surface area contributed by atoms with Crippen molar-refractivity contribution in [2.75, 3.05) is 7.11 Å². The van der Waals surface area contributed by atoms with Crippen LogP contribution >= 0.6 is 11.6 Å². The van der Waals surface area contributed by atoms with Gasteiger partial charge < -0.3 is 10.1 Å². The molecule has 0 radical (unpaired) electrons. The van der Waals surface area contributed by atoms with Crippen LogP contribution in [0.15, 0.2) is 24.3 Å². The summed E-state index contributed by atoms with van der Waals surface area (Å²) in [6, 6.07) is 6.57. The summed E-state index contributed by atoms with van der Waals surface area (Å²) >= 11 is 6.23. The highest BCUT2D eigenvalue weighted by Gasteiger charge is 2.22. The van der Waals surface area contributed by atoms with Crippen LogP contribution in [0.5, 0.6) is 0 Å². The van der Waals surface area contributed by atoms with Gasteiger partial charge in [0, 0.05) is 23.3 Å². The van der Waals surface area contributed by atoms with Crippen LogP contribution in [0, 0.1) is 13.8 Å². The Hall–Kier alpha value is -2.34. The fourth-order valence-corrected chi connectivity index (χ4v) is 2.99. The van der Waals surface area contributed by atoms with E-state index in [9.17, 15) is 9.59 Å².